The molecule has 1 fully saturated rings. The molecule has 1 spiro atoms. The molecule has 6 nitrogen and oxygen atoms in total. The quantitative estimate of drug-likeness (QED) is 0.790. The fraction of sp³-hybridized carbons (Fsp3) is 0.556. The van der Waals surface area contributed by atoms with Crippen molar-refractivity contribution >= 4 is 11.9 Å². The van der Waals surface area contributed by atoms with E-state index in [2.05, 4.69) is 0 Å². The normalized spacial score (nSPS) is 23.0. The molecule has 0 unspecified atom stereocenters. The number of fused-ring (bicyclic) bond motifs is 1. The van der Waals surface area contributed by atoms with Gasteiger partial charge in [0.1, 0.15) is 22.7 Å². The van der Waals surface area contributed by atoms with Crippen molar-refractivity contribution in [2.24, 2.45) is 0 Å². The lowest BCUT2D eigenvalue weighted by molar-refractivity contribution is 0.0171. The number of methoxy groups -OCH3 is 1. The molecule has 1 saturated heterocycles. The van der Waals surface area contributed by atoms with Crippen LogP contribution in [-0.2, 0) is 4.74 Å². The fourth-order valence-electron chi connectivity index (χ4n) is 3.16. The van der Waals surface area contributed by atoms with E-state index >= 15 is 0 Å². The summed E-state index contributed by atoms with van der Waals surface area (Å²) in [6, 6.07) is 5.20. The number of benzene rings is 1. The topological polar surface area (TPSA) is 65.1 Å². The largest absolute Gasteiger partial charge is 0.497 e. The van der Waals surface area contributed by atoms with Crippen LogP contribution in [0.1, 0.15) is 44.0 Å². The zero-order valence-corrected chi connectivity index (χ0v) is 14.5. The van der Waals surface area contributed by atoms with Gasteiger partial charge in [-0.3, -0.25) is 4.79 Å². The highest BCUT2D eigenvalue weighted by atomic mass is 16.6. The van der Waals surface area contributed by atoms with Crippen molar-refractivity contribution in [1.82, 2.24) is 4.90 Å². The summed E-state index contributed by atoms with van der Waals surface area (Å²) in [5.74, 6) is 1.20. The molecule has 0 aromatic heterocycles. The van der Waals surface area contributed by atoms with Gasteiger partial charge in [-0.2, -0.15) is 0 Å². The zero-order valence-electron chi connectivity index (χ0n) is 14.5. The van der Waals surface area contributed by atoms with E-state index in [1.807, 2.05) is 20.8 Å². The maximum absolute atomic E-state index is 12.5. The average molecular weight is 333 g/mol. The van der Waals surface area contributed by atoms with Crippen LogP contribution in [0.25, 0.3) is 0 Å². The number of rotatable bonds is 1. The van der Waals surface area contributed by atoms with Crippen LogP contribution in [0.3, 0.4) is 0 Å². The number of hydrogen-bond acceptors (Lipinski definition) is 5. The number of likely N-dealkylation sites (tertiary alicyclic amines) is 1. The number of Topliss-reactive ketones (excluding diaryl/α,β-unsaturated/α-hetero) is 1. The smallest absolute Gasteiger partial charge is 0.410 e. The predicted molar refractivity (Wildman–Crippen MR) is 87.7 cm³/mol. The third-order valence-electron chi connectivity index (χ3n) is 4.27. The number of ether oxygens (including phenoxy) is 3. The summed E-state index contributed by atoms with van der Waals surface area (Å²) in [5, 5.41) is 0. The number of carbonyl (C=O) groups is 2. The minimum Gasteiger partial charge on any atom is -0.497 e. The first kappa shape index (κ1) is 16.6. The Morgan fingerprint density at radius 3 is 2.75 bits per heavy atom. The van der Waals surface area contributed by atoms with Crippen LogP contribution in [0, 0.1) is 0 Å². The molecule has 2 aliphatic rings. The molecule has 0 saturated carbocycles. The average Bonchev–Trinajstić information content (AvgIpc) is 2.88. The summed E-state index contributed by atoms with van der Waals surface area (Å²) in [7, 11) is 1.57. The summed E-state index contributed by atoms with van der Waals surface area (Å²) in [5.41, 5.74) is -0.652. The van der Waals surface area contributed by atoms with E-state index in [1.54, 1.807) is 30.2 Å². The van der Waals surface area contributed by atoms with Crippen LogP contribution in [0.5, 0.6) is 11.5 Å². The third-order valence-corrected chi connectivity index (χ3v) is 4.27. The van der Waals surface area contributed by atoms with E-state index in [-0.39, 0.29) is 18.3 Å². The van der Waals surface area contributed by atoms with Crippen molar-refractivity contribution in [2.45, 2.75) is 44.8 Å². The maximum Gasteiger partial charge on any atom is 0.410 e. The van der Waals surface area contributed by atoms with Gasteiger partial charge in [0.05, 0.1) is 25.6 Å². The summed E-state index contributed by atoms with van der Waals surface area (Å²) in [6.07, 6.45) is 0.507. The first-order valence-corrected chi connectivity index (χ1v) is 8.10. The first-order chi connectivity index (χ1) is 11.2. The Labute approximate surface area is 141 Å². The van der Waals surface area contributed by atoms with Gasteiger partial charge in [0.2, 0.25) is 0 Å². The summed E-state index contributed by atoms with van der Waals surface area (Å²) in [4.78, 5) is 26.4. The lowest BCUT2D eigenvalue weighted by Gasteiger charge is -2.35. The van der Waals surface area contributed by atoms with Gasteiger partial charge in [0, 0.05) is 19.0 Å². The molecule has 3 rings (SSSR count). The molecule has 0 N–H and O–H groups in total. The minimum atomic E-state index is -0.673. The van der Waals surface area contributed by atoms with Crippen molar-refractivity contribution in [3.8, 4) is 11.5 Å². The van der Waals surface area contributed by atoms with Crippen molar-refractivity contribution in [1.29, 1.82) is 0 Å². The second kappa shape index (κ2) is 5.69. The molecule has 0 radical (unpaired) electrons. The highest BCUT2D eigenvalue weighted by molar-refractivity contribution is 6.00. The highest BCUT2D eigenvalue weighted by Crippen LogP contribution is 2.40. The molecule has 130 valence electrons. The Morgan fingerprint density at radius 2 is 2.08 bits per heavy atom. The van der Waals surface area contributed by atoms with Gasteiger partial charge < -0.3 is 19.1 Å². The highest BCUT2D eigenvalue weighted by Gasteiger charge is 2.47. The Morgan fingerprint density at radius 1 is 1.33 bits per heavy atom. The second-order valence-corrected chi connectivity index (χ2v) is 7.40. The van der Waals surface area contributed by atoms with Crippen molar-refractivity contribution in [2.75, 3.05) is 20.2 Å². The molecule has 1 atom stereocenters. The fourth-order valence-corrected chi connectivity index (χ4v) is 3.16. The van der Waals surface area contributed by atoms with Crippen molar-refractivity contribution in [3.63, 3.8) is 0 Å². The van der Waals surface area contributed by atoms with E-state index < -0.39 is 11.2 Å². The molecule has 6 heteroatoms. The summed E-state index contributed by atoms with van der Waals surface area (Å²) in [6.45, 7) is 6.37. The van der Waals surface area contributed by atoms with E-state index in [0.717, 1.165) is 0 Å². The van der Waals surface area contributed by atoms with Crippen molar-refractivity contribution in [3.05, 3.63) is 23.8 Å². The van der Waals surface area contributed by atoms with Crippen LogP contribution in [0.4, 0.5) is 4.79 Å². The Hall–Kier alpha value is -2.24. The molecule has 1 aromatic carbocycles. The first-order valence-electron chi connectivity index (χ1n) is 8.10. The van der Waals surface area contributed by atoms with Crippen LogP contribution < -0.4 is 9.47 Å². The minimum absolute atomic E-state index is 0.0324. The van der Waals surface area contributed by atoms with Crippen LogP contribution in [-0.4, -0.2) is 48.2 Å². The lowest BCUT2D eigenvalue weighted by Crippen LogP contribution is -2.46. The predicted octanol–water partition coefficient (Wildman–Crippen LogP) is 3.04. The zero-order chi connectivity index (χ0) is 17.5. The summed E-state index contributed by atoms with van der Waals surface area (Å²) >= 11 is 0. The molecule has 2 heterocycles. The summed E-state index contributed by atoms with van der Waals surface area (Å²) < 4.78 is 16.8. The van der Waals surface area contributed by atoms with Gasteiger partial charge in [-0.05, 0) is 32.9 Å². The number of carbonyl (C=O) groups excluding carboxylic acids is 2. The van der Waals surface area contributed by atoms with Crippen LogP contribution in [0.15, 0.2) is 18.2 Å². The second-order valence-electron chi connectivity index (χ2n) is 7.40. The Kier molecular flexibility index (Phi) is 3.94. The Balaban J connectivity index is 1.78. The number of nitrogens with zero attached hydrogens (tertiary/aromatic N) is 1. The number of ketones is 1. The van der Waals surface area contributed by atoms with Gasteiger partial charge in [0.15, 0.2) is 5.78 Å². The van der Waals surface area contributed by atoms with Crippen LogP contribution in [0.2, 0.25) is 0 Å². The van der Waals surface area contributed by atoms with Gasteiger partial charge in [-0.1, -0.05) is 0 Å². The SMILES string of the molecule is COc1ccc2c(c1)O[C@]1(CCN(C(=O)OC(C)(C)C)C1)CC2=O. The van der Waals surface area contributed by atoms with Gasteiger partial charge in [-0.15, -0.1) is 0 Å². The molecule has 2 aliphatic heterocycles. The van der Waals surface area contributed by atoms with E-state index in [0.29, 0.717) is 36.6 Å². The van der Waals surface area contributed by atoms with Crippen molar-refractivity contribution < 1.29 is 23.8 Å². The monoisotopic (exact) mass is 333 g/mol. The van der Waals surface area contributed by atoms with Gasteiger partial charge >= 0.3 is 6.09 Å². The lowest BCUT2D eigenvalue weighted by atomic mass is 9.89. The molecular formula is C18H23NO5. The van der Waals surface area contributed by atoms with E-state index in [9.17, 15) is 9.59 Å². The molecular weight excluding hydrogens is 310 g/mol. The third kappa shape index (κ3) is 3.18. The maximum atomic E-state index is 12.5. The molecule has 0 aliphatic carbocycles. The van der Waals surface area contributed by atoms with E-state index in [4.69, 9.17) is 14.2 Å². The molecule has 24 heavy (non-hydrogen) atoms. The Bertz CT molecular complexity index is 678. The molecule has 1 amide bonds. The van der Waals surface area contributed by atoms with Gasteiger partial charge in [-0.25, -0.2) is 4.79 Å². The van der Waals surface area contributed by atoms with E-state index in [1.165, 1.54) is 0 Å². The number of amides is 1. The van der Waals surface area contributed by atoms with Crippen LogP contribution >= 0.6 is 0 Å². The number of hydrogen-bond donors (Lipinski definition) is 0. The molecule has 1 aromatic rings. The van der Waals surface area contributed by atoms with Gasteiger partial charge in [0.25, 0.3) is 0 Å². The standard InChI is InChI=1S/C18H23NO5/c1-17(2,3)24-16(21)19-8-7-18(11-19)10-14(20)13-6-5-12(22-4)9-15(13)23-18/h5-6,9H,7-8,10-11H2,1-4H3/t18-/m1/s1. The molecule has 0 bridgehead atoms.